The fourth-order valence-corrected chi connectivity index (χ4v) is 4.33. The van der Waals surface area contributed by atoms with Gasteiger partial charge in [-0.05, 0) is 29.2 Å². The van der Waals surface area contributed by atoms with Crippen LogP contribution in [0.5, 0.6) is 0 Å². The Balaban J connectivity index is 1.32. The van der Waals surface area contributed by atoms with E-state index in [0.29, 0.717) is 6.04 Å². The lowest BCUT2D eigenvalue weighted by molar-refractivity contribution is 0.0195. The van der Waals surface area contributed by atoms with Crippen LogP contribution in [-0.4, -0.2) is 74.8 Å². The molecule has 0 bridgehead atoms. The Kier molecular flexibility index (Phi) is 5.90. The summed E-state index contributed by atoms with van der Waals surface area (Å²) in [5.41, 5.74) is 1.39. The van der Waals surface area contributed by atoms with E-state index in [1.165, 1.54) is 22.8 Å². The van der Waals surface area contributed by atoms with Crippen LogP contribution in [0.3, 0.4) is 0 Å². The summed E-state index contributed by atoms with van der Waals surface area (Å²) in [6.07, 6.45) is 2.21. The molecule has 0 aromatic heterocycles. The molecule has 1 unspecified atom stereocenters. The van der Waals surface area contributed by atoms with Gasteiger partial charge in [-0.25, -0.2) is 0 Å². The quantitative estimate of drug-likeness (QED) is 0.666. The monoisotopic (exact) mass is 366 g/mol. The number of likely N-dealkylation sites (tertiary alicyclic amines) is 1. The standard InChI is InChI=1S/C22H30N4O/c1-23-22(26-12-10-20(17-26)25-13-15-27-16-14-25)24-11-9-19-7-4-6-18-5-2-3-8-21(18)19/h2-8,20H,9-17H2,1H3,(H,23,24). The van der Waals surface area contributed by atoms with Crippen molar-refractivity contribution < 1.29 is 4.74 Å². The van der Waals surface area contributed by atoms with Gasteiger partial charge in [0.25, 0.3) is 0 Å². The summed E-state index contributed by atoms with van der Waals surface area (Å²) in [4.78, 5) is 9.51. The van der Waals surface area contributed by atoms with Crippen LogP contribution < -0.4 is 5.32 Å². The van der Waals surface area contributed by atoms with Crippen molar-refractivity contribution in [1.82, 2.24) is 15.1 Å². The highest BCUT2D eigenvalue weighted by Crippen LogP contribution is 2.19. The molecule has 4 rings (SSSR count). The molecule has 2 aliphatic heterocycles. The first kappa shape index (κ1) is 18.3. The van der Waals surface area contributed by atoms with E-state index >= 15 is 0 Å². The van der Waals surface area contributed by atoms with Crippen molar-refractivity contribution in [2.45, 2.75) is 18.9 Å². The first-order valence-electron chi connectivity index (χ1n) is 10.1. The Labute approximate surface area is 162 Å². The van der Waals surface area contributed by atoms with Crippen molar-refractivity contribution in [2.24, 2.45) is 4.99 Å². The SMILES string of the molecule is CN=C(NCCc1cccc2ccccc12)N1CCC(N2CCOCC2)C1. The Bertz CT molecular complexity index is 779. The molecule has 2 heterocycles. The normalized spacial score (nSPS) is 21.7. The number of hydrogen-bond acceptors (Lipinski definition) is 3. The summed E-state index contributed by atoms with van der Waals surface area (Å²) in [7, 11) is 1.89. The largest absolute Gasteiger partial charge is 0.379 e. The lowest BCUT2D eigenvalue weighted by Gasteiger charge is -2.32. The smallest absolute Gasteiger partial charge is 0.193 e. The molecule has 0 aliphatic carbocycles. The lowest BCUT2D eigenvalue weighted by atomic mass is 10.0. The fourth-order valence-electron chi connectivity index (χ4n) is 4.33. The van der Waals surface area contributed by atoms with E-state index in [9.17, 15) is 0 Å². The number of nitrogens with one attached hydrogen (secondary N) is 1. The highest BCUT2D eigenvalue weighted by molar-refractivity contribution is 5.85. The second-order valence-corrected chi connectivity index (χ2v) is 7.40. The van der Waals surface area contributed by atoms with E-state index < -0.39 is 0 Å². The summed E-state index contributed by atoms with van der Waals surface area (Å²) in [6.45, 7) is 6.91. The maximum Gasteiger partial charge on any atom is 0.193 e. The molecule has 5 heteroatoms. The van der Waals surface area contributed by atoms with Gasteiger partial charge < -0.3 is 15.0 Å². The first-order valence-corrected chi connectivity index (χ1v) is 10.1. The average Bonchev–Trinajstić information content (AvgIpc) is 3.22. The van der Waals surface area contributed by atoms with Crippen LogP contribution in [-0.2, 0) is 11.2 Å². The maximum atomic E-state index is 5.49. The Morgan fingerprint density at radius 2 is 1.93 bits per heavy atom. The van der Waals surface area contributed by atoms with Crippen molar-refractivity contribution in [1.29, 1.82) is 0 Å². The molecule has 2 aromatic rings. The van der Waals surface area contributed by atoms with Gasteiger partial charge in [0.2, 0.25) is 0 Å². The number of aliphatic imine (C=N–C) groups is 1. The number of benzene rings is 2. The molecule has 2 saturated heterocycles. The summed E-state index contributed by atoms with van der Waals surface area (Å²) in [5.74, 6) is 1.03. The minimum Gasteiger partial charge on any atom is -0.379 e. The van der Waals surface area contributed by atoms with E-state index in [4.69, 9.17) is 4.74 Å². The average molecular weight is 367 g/mol. The Hall–Kier alpha value is -2.11. The summed E-state index contributed by atoms with van der Waals surface area (Å²) >= 11 is 0. The molecule has 1 atom stereocenters. The van der Waals surface area contributed by atoms with Gasteiger partial charge in [0.1, 0.15) is 0 Å². The summed E-state index contributed by atoms with van der Waals surface area (Å²) in [5, 5.41) is 6.25. The van der Waals surface area contributed by atoms with E-state index in [0.717, 1.165) is 58.3 Å². The van der Waals surface area contributed by atoms with Crippen LogP contribution >= 0.6 is 0 Å². The van der Waals surface area contributed by atoms with Gasteiger partial charge in [0.05, 0.1) is 13.2 Å². The fraction of sp³-hybridized carbons (Fsp3) is 0.500. The van der Waals surface area contributed by atoms with Crippen molar-refractivity contribution in [3.05, 3.63) is 48.0 Å². The third-order valence-corrected chi connectivity index (χ3v) is 5.79. The van der Waals surface area contributed by atoms with Gasteiger partial charge in [-0.1, -0.05) is 42.5 Å². The molecule has 0 saturated carbocycles. The second-order valence-electron chi connectivity index (χ2n) is 7.40. The van der Waals surface area contributed by atoms with Gasteiger partial charge >= 0.3 is 0 Å². The molecule has 0 spiro atoms. The van der Waals surface area contributed by atoms with Gasteiger partial charge in [0.15, 0.2) is 5.96 Å². The van der Waals surface area contributed by atoms with Crippen LogP contribution in [0, 0.1) is 0 Å². The number of hydrogen-bond donors (Lipinski definition) is 1. The van der Waals surface area contributed by atoms with E-state index in [1.54, 1.807) is 0 Å². The third kappa shape index (κ3) is 4.25. The van der Waals surface area contributed by atoms with Crippen LogP contribution in [0.25, 0.3) is 10.8 Å². The van der Waals surface area contributed by atoms with Crippen LogP contribution in [0.2, 0.25) is 0 Å². The molecule has 1 N–H and O–H groups in total. The molecule has 144 valence electrons. The lowest BCUT2D eigenvalue weighted by Crippen LogP contribution is -2.46. The van der Waals surface area contributed by atoms with Gasteiger partial charge in [0, 0.05) is 45.8 Å². The molecule has 5 nitrogen and oxygen atoms in total. The van der Waals surface area contributed by atoms with Crippen LogP contribution in [0.4, 0.5) is 0 Å². The molecule has 2 aliphatic rings. The molecule has 27 heavy (non-hydrogen) atoms. The van der Waals surface area contributed by atoms with Crippen molar-refractivity contribution in [2.75, 3.05) is 53.0 Å². The predicted molar refractivity (Wildman–Crippen MR) is 111 cm³/mol. The van der Waals surface area contributed by atoms with Gasteiger partial charge in [-0.15, -0.1) is 0 Å². The summed E-state index contributed by atoms with van der Waals surface area (Å²) in [6, 6.07) is 15.8. The number of nitrogens with zero attached hydrogens (tertiary/aromatic N) is 3. The van der Waals surface area contributed by atoms with Gasteiger partial charge in [-0.2, -0.15) is 0 Å². The number of fused-ring (bicyclic) bond motifs is 1. The zero-order valence-electron chi connectivity index (χ0n) is 16.2. The van der Waals surface area contributed by atoms with Crippen LogP contribution in [0.15, 0.2) is 47.5 Å². The van der Waals surface area contributed by atoms with Crippen molar-refractivity contribution in [3.8, 4) is 0 Å². The van der Waals surface area contributed by atoms with Gasteiger partial charge in [-0.3, -0.25) is 9.89 Å². The Morgan fingerprint density at radius 1 is 1.11 bits per heavy atom. The maximum absolute atomic E-state index is 5.49. The number of morpholine rings is 1. The topological polar surface area (TPSA) is 40.1 Å². The molecular weight excluding hydrogens is 336 g/mol. The number of ether oxygens (including phenoxy) is 1. The summed E-state index contributed by atoms with van der Waals surface area (Å²) < 4.78 is 5.49. The zero-order valence-corrected chi connectivity index (χ0v) is 16.2. The first-order chi connectivity index (χ1) is 13.3. The van der Waals surface area contributed by atoms with Crippen molar-refractivity contribution >= 4 is 16.7 Å². The minimum atomic E-state index is 0.630. The third-order valence-electron chi connectivity index (χ3n) is 5.79. The zero-order chi connectivity index (χ0) is 18.5. The Morgan fingerprint density at radius 3 is 2.78 bits per heavy atom. The van der Waals surface area contributed by atoms with E-state index in [1.807, 2.05) is 7.05 Å². The highest BCUT2D eigenvalue weighted by Gasteiger charge is 2.30. The van der Waals surface area contributed by atoms with Crippen LogP contribution in [0.1, 0.15) is 12.0 Å². The highest BCUT2D eigenvalue weighted by atomic mass is 16.5. The molecule has 0 amide bonds. The predicted octanol–water partition coefficient (Wildman–Crippen LogP) is 2.36. The minimum absolute atomic E-state index is 0.630. The second kappa shape index (κ2) is 8.72. The van der Waals surface area contributed by atoms with E-state index in [2.05, 4.69) is 62.6 Å². The number of rotatable bonds is 4. The van der Waals surface area contributed by atoms with E-state index in [-0.39, 0.29) is 0 Å². The molecule has 0 radical (unpaired) electrons. The molecule has 2 aromatic carbocycles. The molecule has 2 fully saturated rings. The molecular formula is C22H30N4O. The van der Waals surface area contributed by atoms with Crippen molar-refractivity contribution in [3.63, 3.8) is 0 Å². The number of guanidine groups is 1.